The third-order valence-electron chi connectivity index (χ3n) is 2.36. The lowest BCUT2D eigenvalue weighted by Crippen LogP contribution is -2.28. The monoisotopic (exact) mass is 203 g/mol. The number of rotatable bonds is 3. The van der Waals surface area contributed by atoms with Gasteiger partial charge in [-0.1, -0.05) is 35.5 Å². The Hall–Kier alpha value is -1.84. The number of hydrogen-bond donors (Lipinski definition) is 1. The molecule has 15 heavy (non-hydrogen) atoms. The first-order valence-corrected chi connectivity index (χ1v) is 4.91. The SMILES string of the molecule is ON=CC1=NCCN1Cc1ccccc1. The van der Waals surface area contributed by atoms with Crippen LogP contribution in [0.5, 0.6) is 0 Å². The third kappa shape index (κ3) is 2.34. The number of hydrogen-bond acceptors (Lipinski definition) is 4. The summed E-state index contributed by atoms with van der Waals surface area (Å²) in [5.74, 6) is 0.751. The first-order valence-electron chi connectivity index (χ1n) is 4.91. The predicted molar refractivity (Wildman–Crippen MR) is 59.4 cm³/mol. The summed E-state index contributed by atoms with van der Waals surface area (Å²) in [4.78, 5) is 6.33. The molecule has 1 heterocycles. The molecule has 0 amide bonds. The highest BCUT2D eigenvalue weighted by Gasteiger charge is 2.14. The Morgan fingerprint density at radius 3 is 2.93 bits per heavy atom. The maximum Gasteiger partial charge on any atom is 0.146 e. The highest BCUT2D eigenvalue weighted by atomic mass is 16.4. The van der Waals surface area contributed by atoms with Crippen LogP contribution < -0.4 is 0 Å². The fourth-order valence-corrected chi connectivity index (χ4v) is 1.64. The Morgan fingerprint density at radius 2 is 2.20 bits per heavy atom. The standard InChI is InChI=1S/C11H13N3O/c15-13-8-11-12-6-7-14(11)9-10-4-2-1-3-5-10/h1-5,8,15H,6-7,9H2. The first-order chi connectivity index (χ1) is 7.40. The van der Waals surface area contributed by atoms with Crippen molar-refractivity contribution in [3.63, 3.8) is 0 Å². The molecule has 1 N–H and O–H groups in total. The highest BCUT2D eigenvalue weighted by molar-refractivity contribution is 6.29. The molecule has 0 saturated heterocycles. The van der Waals surface area contributed by atoms with Crippen LogP contribution in [0.2, 0.25) is 0 Å². The van der Waals surface area contributed by atoms with E-state index < -0.39 is 0 Å². The average molecular weight is 203 g/mol. The summed E-state index contributed by atoms with van der Waals surface area (Å²) in [6.45, 7) is 2.47. The molecule has 4 heteroatoms. The normalized spacial score (nSPS) is 16.0. The molecule has 1 aromatic carbocycles. The third-order valence-corrected chi connectivity index (χ3v) is 2.36. The van der Waals surface area contributed by atoms with E-state index in [1.54, 1.807) is 0 Å². The van der Waals surface area contributed by atoms with Gasteiger partial charge in [0.15, 0.2) is 0 Å². The van der Waals surface area contributed by atoms with Crippen LogP contribution in [0, 0.1) is 0 Å². The second-order valence-electron chi connectivity index (χ2n) is 3.39. The molecule has 0 bridgehead atoms. The number of amidine groups is 1. The first kappa shape index (κ1) is 9.71. The van der Waals surface area contributed by atoms with Crippen LogP contribution in [0.15, 0.2) is 40.5 Å². The van der Waals surface area contributed by atoms with Gasteiger partial charge in [-0.3, -0.25) is 4.99 Å². The summed E-state index contributed by atoms with van der Waals surface area (Å²) >= 11 is 0. The molecule has 4 nitrogen and oxygen atoms in total. The van der Waals surface area contributed by atoms with Crippen molar-refractivity contribution in [1.82, 2.24) is 4.90 Å². The lowest BCUT2D eigenvalue weighted by Gasteiger charge is -2.17. The minimum absolute atomic E-state index is 0.751. The van der Waals surface area contributed by atoms with Gasteiger partial charge in [0.1, 0.15) is 12.1 Å². The predicted octanol–water partition coefficient (Wildman–Crippen LogP) is 1.36. The van der Waals surface area contributed by atoms with Crippen molar-refractivity contribution in [2.75, 3.05) is 13.1 Å². The molecule has 78 valence electrons. The fraction of sp³-hybridized carbons (Fsp3) is 0.273. The molecule has 2 rings (SSSR count). The van der Waals surface area contributed by atoms with E-state index in [-0.39, 0.29) is 0 Å². The van der Waals surface area contributed by atoms with Gasteiger partial charge in [-0.2, -0.15) is 0 Å². The molecule has 0 atom stereocenters. The molecule has 1 aliphatic heterocycles. The topological polar surface area (TPSA) is 48.2 Å². The van der Waals surface area contributed by atoms with E-state index >= 15 is 0 Å². The van der Waals surface area contributed by atoms with Crippen molar-refractivity contribution < 1.29 is 5.21 Å². The van der Waals surface area contributed by atoms with E-state index in [9.17, 15) is 0 Å². The molecule has 0 fully saturated rings. The van der Waals surface area contributed by atoms with Crippen LogP contribution >= 0.6 is 0 Å². The summed E-state index contributed by atoms with van der Waals surface area (Å²) in [7, 11) is 0. The van der Waals surface area contributed by atoms with Crippen LogP contribution in [0.25, 0.3) is 0 Å². The van der Waals surface area contributed by atoms with Crippen LogP contribution in [0.1, 0.15) is 5.56 Å². The lowest BCUT2D eigenvalue weighted by atomic mass is 10.2. The Balaban J connectivity index is 2.04. The summed E-state index contributed by atoms with van der Waals surface area (Å²) in [6.07, 6.45) is 1.38. The van der Waals surface area contributed by atoms with Crippen molar-refractivity contribution in [1.29, 1.82) is 0 Å². The molecule has 0 aliphatic carbocycles. The van der Waals surface area contributed by atoms with Gasteiger partial charge in [0.25, 0.3) is 0 Å². The van der Waals surface area contributed by atoms with E-state index in [0.717, 1.165) is 25.5 Å². The fourth-order valence-electron chi connectivity index (χ4n) is 1.64. The summed E-state index contributed by atoms with van der Waals surface area (Å²) in [6, 6.07) is 10.2. The molecule has 0 saturated carbocycles. The molecular weight excluding hydrogens is 190 g/mol. The molecule has 1 aliphatic rings. The van der Waals surface area contributed by atoms with Crippen LogP contribution in [0.3, 0.4) is 0 Å². The zero-order chi connectivity index (χ0) is 10.5. The second kappa shape index (κ2) is 4.59. The van der Waals surface area contributed by atoms with E-state index in [1.165, 1.54) is 11.8 Å². The number of oxime groups is 1. The van der Waals surface area contributed by atoms with E-state index in [1.807, 2.05) is 18.2 Å². The molecular formula is C11H13N3O. The highest BCUT2D eigenvalue weighted by Crippen LogP contribution is 2.08. The van der Waals surface area contributed by atoms with Crippen LogP contribution in [-0.2, 0) is 6.54 Å². The molecule has 0 radical (unpaired) electrons. The molecule has 0 aromatic heterocycles. The van der Waals surface area contributed by atoms with Crippen molar-refractivity contribution in [2.24, 2.45) is 10.1 Å². The minimum atomic E-state index is 0.751. The Morgan fingerprint density at radius 1 is 1.40 bits per heavy atom. The molecule has 0 spiro atoms. The van der Waals surface area contributed by atoms with Gasteiger partial charge >= 0.3 is 0 Å². The van der Waals surface area contributed by atoms with Crippen molar-refractivity contribution in [3.05, 3.63) is 35.9 Å². The average Bonchev–Trinajstić information content (AvgIpc) is 2.68. The van der Waals surface area contributed by atoms with Crippen LogP contribution in [-0.4, -0.2) is 35.2 Å². The zero-order valence-electron chi connectivity index (χ0n) is 8.37. The zero-order valence-corrected chi connectivity index (χ0v) is 8.37. The van der Waals surface area contributed by atoms with E-state index in [0.29, 0.717) is 0 Å². The Labute approximate surface area is 88.5 Å². The van der Waals surface area contributed by atoms with E-state index in [2.05, 4.69) is 27.2 Å². The lowest BCUT2D eigenvalue weighted by molar-refractivity contribution is 0.321. The second-order valence-corrected chi connectivity index (χ2v) is 3.39. The van der Waals surface area contributed by atoms with Gasteiger partial charge in [-0.05, 0) is 5.56 Å². The minimum Gasteiger partial charge on any atom is -0.411 e. The summed E-state index contributed by atoms with van der Waals surface area (Å²) in [5.41, 5.74) is 1.23. The smallest absolute Gasteiger partial charge is 0.146 e. The van der Waals surface area contributed by atoms with Gasteiger partial charge < -0.3 is 10.1 Å². The van der Waals surface area contributed by atoms with Crippen molar-refractivity contribution >= 4 is 12.1 Å². The quantitative estimate of drug-likeness (QED) is 0.458. The van der Waals surface area contributed by atoms with Crippen LogP contribution in [0.4, 0.5) is 0 Å². The molecule has 0 unspecified atom stereocenters. The maximum atomic E-state index is 8.47. The maximum absolute atomic E-state index is 8.47. The van der Waals surface area contributed by atoms with Crippen molar-refractivity contribution in [2.45, 2.75) is 6.54 Å². The summed E-state index contributed by atoms with van der Waals surface area (Å²) < 4.78 is 0. The van der Waals surface area contributed by atoms with Gasteiger partial charge in [0.05, 0.1) is 6.54 Å². The van der Waals surface area contributed by atoms with Gasteiger partial charge in [0.2, 0.25) is 0 Å². The summed E-state index contributed by atoms with van der Waals surface area (Å²) in [5, 5.41) is 11.5. The Kier molecular flexibility index (Phi) is 2.97. The number of aliphatic imine (C=N–C) groups is 1. The molecule has 1 aromatic rings. The number of nitrogens with zero attached hydrogens (tertiary/aromatic N) is 3. The Bertz CT molecular complexity index is 373. The van der Waals surface area contributed by atoms with E-state index in [4.69, 9.17) is 5.21 Å². The van der Waals surface area contributed by atoms with Gasteiger partial charge in [-0.25, -0.2) is 0 Å². The van der Waals surface area contributed by atoms with Gasteiger partial charge in [-0.15, -0.1) is 0 Å². The van der Waals surface area contributed by atoms with Gasteiger partial charge in [0, 0.05) is 13.1 Å². The largest absolute Gasteiger partial charge is 0.411 e. The van der Waals surface area contributed by atoms with Crippen molar-refractivity contribution in [3.8, 4) is 0 Å². The number of benzene rings is 1.